The number of aryl methyl sites for hydroxylation is 1. The van der Waals surface area contributed by atoms with E-state index in [0.29, 0.717) is 0 Å². The Morgan fingerprint density at radius 3 is 2.25 bits per heavy atom. The maximum atomic E-state index is 2.41. The van der Waals surface area contributed by atoms with Crippen LogP contribution in [-0.2, 0) is 5.41 Å². The summed E-state index contributed by atoms with van der Waals surface area (Å²) in [7, 11) is 0. The average Bonchev–Trinajstić information content (AvgIpc) is 3.04. The number of hydrogen-bond acceptors (Lipinski definition) is 0. The lowest BCUT2D eigenvalue weighted by Gasteiger charge is -2.12. The average molecular weight is 315 g/mol. The molecule has 24 heavy (non-hydrogen) atoms. The fourth-order valence-electron chi connectivity index (χ4n) is 3.88. The maximum absolute atomic E-state index is 2.41. The normalized spacial score (nSPS) is 14.8. The van der Waals surface area contributed by atoms with Gasteiger partial charge in [-0.15, -0.1) is 0 Å². The van der Waals surface area contributed by atoms with Gasteiger partial charge in [0.15, 0.2) is 11.4 Å². The number of aromatic nitrogens is 2. The van der Waals surface area contributed by atoms with Crippen LogP contribution < -0.4 is 4.57 Å². The van der Waals surface area contributed by atoms with Gasteiger partial charge in [0.1, 0.15) is 5.69 Å². The molecule has 0 bridgehead atoms. The molecular formula is C22H23N2+. The van der Waals surface area contributed by atoms with E-state index in [2.05, 4.69) is 104 Å². The Kier molecular flexibility index (Phi) is 3.24. The summed E-state index contributed by atoms with van der Waals surface area (Å²) in [4.78, 5) is 0. The molecule has 2 aromatic carbocycles. The van der Waals surface area contributed by atoms with Gasteiger partial charge in [-0.1, -0.05) is 36.4 Å². The second-order valence-corrected chi connectivity index (χ2v) is 7.15. The zero-order chi connectivity index (χ0) is 16.9. The van der Waals surface area contributed by atoms with Crippen molar-refractivity contribution in [2.24, 2.45) is 0 Å². The van der Waals surface area contributed by atoms with Crippen molar-refractivity contribution in [1.82, 2.24) is 4.57 Å². The molecule has 2 heterocycles. The van der Waals surface area contributed by atoms with E-state index in [-0.39, 0.29) is 5.41 Å². The molecule has 4 rings (SSSR count). The van der Waals surface area contributed by atoms with Crippen LogP contribution in [0.3, 0.4) is 0 Å². The highest BCUT2D eigenvalue weighted by molar-refractivity contribution is 5.61. The molecule has 2 nitrogen and oxygen atoms in total. The molecule has 0 N–H and O–H groups in total. The van der Waals surface area contributed by atoms with E-state index in [4.69, 9.17) is 0 Å². The minimum Gasteiger partial charge on any atom is -0.198 e. The molecule has 3 aromatic rings. The molecule has 120 valence electrons. The summed E-state index contributed by atoms with van der Waals surface area (Å²) in [6.07, 6.45) is 4.52. The molecule has 0 atom stereocenters. The van der Waals surface area contributed by atoms with Crippen molar-refractivity contribution in [3.05, 3.63) is 77.6 Å². The Bertz CT molecular complexity index is 944. The first kappa shape index (κ1) is 14.9. The lowest BCUT2D eigenvalue weighted by molar-refractivity contribution is -0.561. The third kappa shape index (κ3) is 2.06. The molecule has 0 fully saturated rings. The molecular weight excluding hydrogens is 292 g/mol. The number of rotatable bonds is 2. The van der Waals surface area contributed by atoms with E-state index in [0.717, 1.165) is 0 Å². The Morgan fingerprint density at radius 2 is 1.54 bits per heavy atom. The molecule has 0 spiro atoms. The third-order valence-electron chi connectivity index (χ3n) is 5.00. The molecule has 0 aliphatic carbocycles. The second-order valence-electron chi connectivity index (χ2n) is 7.15. The molecule has 0 amide bonds. The van der Waals surface area contributed by atoms with Crippen molar-refractivity contribution in [2.75, 3.05) is 0 Å². The minimum absolute atomic E-state index is 0.0432. The first-order chi connectivity index (χ1) is 11.5. The first-order valence-corrected chi connectivity index (χ1v) is 8.49. The number of hydrogen-bond donors (Lipinski definition) is 0. The molecule has 1 aliphatic heterocycles. The number of fused-ring (bicyclic) bond motifs is 1. The quantitative estimate of drug-likeness (QED) is 0.600. The van der Waals surface area contributed by atoms with E-state index in [1.54, 1.807) is 0 Å². The van der Waals surface area contributed by atoms with E-state index >= 15 is 0 Å². The van der Waals surface area contributed by atoms with Gasteiger partial charge >= 0.3 is 0 Å². The molecule has 1 aliphatic rings. The van der Waals surface area contributed by atoms with Crippen LogP contribution in [0.15, 0.2) is 60.7 Å². The minimum atomic E-state index is 0.0432. The Labute approximate surface area is 143 Å². The smallest absolute Gasteiger partial charge is 0.198 e. The van der Waals surface area contributed by atoms with Gasteiger partial charge in [-0.3, -0.25) is 0 Å². The summed E-state index contributed by atoms with van der Waals surface area (Å²) in [6.45, 7) is 8.98. The predicted molar refractivity (Wildman–Crippen MR) is 99.2 cm³/mol. The highest BCUT2D eigenvalue weighted by atomic mass is 15.2. The van der Waals surface area contributed by atoms with E-state index in [1.165, 1.54) is 34.0 Å². The first-order valence-electron chi connectivity index (χ1n) is 8.49. The summed E-state index contributed by atoms with van der Waals surface area (Å²) >= 11 is 0. The number of para-hydroxylation sites is 1. The van der Waals surface area contributed by atoms with Gasteiger partial charge < -0.3 is 0 Å². The van der Waals surface area contributed by atoms with Gasteiger partial charge in [-0.2, -0.15) is 9.13 Å². The summed E-state index contributed by atoms with van der Waals surface area (Å²) in [6, 6.07) is 19.3. The van der Waals surface area contributed by atoms with Crippen molar-refractivity contribution < 1.29 is 4.57 Å². The Hall–Kier alpha value is -2.61. The standard InChI is InChI=1S/C22H23N2/c1-16-10-8-9-13-19(16)24-17(2)20-22(3,4)14-15-23(20)21(24)18-11-6-5-7-12-18/h5-15H,1-4H3/q+1. The van der Waals surface area contributed by atoms with Crippen molar-refractivity contribution in [3.8, 4) is 17.1 Å². The second kappa shape index (κ2) is 5.20. The van der Waals surface area contributed by atoms with Gasteiger partial charge in [-0.05, 0) is 50.6 Å². The van der Waals surface area contributed by atoms with Crippen LogP contribution in [0.2, 0.25) is 0 Å². The van der Waals surface area contributed by atoms with Gasteiger partial charge in [0.2, 0.25) is 0 Å². The summed E-state index contributed by atoms with van der Waals surface area (Å²) in [5.41, 5.74) is 6.48. The molecule has 0 saturated heterocycles. The predicted octanol–water partition coefficient (Wildman–Crippen LogP) is 4.81. The molecule has 1 aromatic heterocycles. The molecule has 2 heteroatoms. The lowest BCUT2D eigenvalue weighted by Crippen LogP contribution is -2.32. The van der Waals surface area contributed by atoms with Gasteiger partial charge in [0.25, 0.3) is 5.82 Å². The lowest BCUT2D eigenvalue weighted by atomic mass is 9.90. The number of benzene rings is 2. The summed E-state index contributed by atoms with van der Waals surface area (Å²) < 4.78 is 4.77. The number of nitrogens with zero attached hydrogens (tertiary/aromatic N) is 2. The zero-order valence-corrected chi connectivity index (χ0v) is 14.7. The van der Waals surface area contributed by atoms with Crippen LogP contribution in [0, 0.1) is 13.8 Å². The van der Waals surface area contributed by atoms with Gasteiger partial charge in [0.05, 0.1) is 17.2 Å². The monoisotopic (exact) mass is 315 g/mol. The van der Waals surface area contributed by atoms with E-state index in [9.17, 15) is 0 Å². The Morgan fingerprint density at radius 1 is 0.875 bits per heavy atom. The van der Waals surface area contributed by atoms with Crippen LogP contribution >= 0.6 is 0 Å². The summed E-state index contributed by atoms with van der Waals surface area (Å²) in [5.74, 6) is 1.22. The largest absolute Gasteiger partial charge is 0.299 e. The zero-order valence-electron chi connectivity index (χ0n) is 14.7. The van der Waals surface area contributed by atoms with Crippen LogP contribution in [0.5, 0.6) is 0 Å². The third-order valence-corrected chi connectivity index (χ3v) is 5.00. The maximum Gasteiger partial charge on any atom is 0.299 e. The van der Waals surface area contributed by atoms with Crippen LogP contribution in [0.25, 0.3) is 23.3 Å². The Balaban J connectivity index is 2.11. The van der Waals surface area contributed by atoms with Crippen LogP contribution in [-0.4, -0.2) is 4.57 Å². The van der Waals surface area contributed by atoms with E-state index in [1.807, 2.05) is 0 Å². The topological polar surface area (TPSA) is 8.81 Å². The van der Waals surface area contributed by atoms with Crippen molar-refractivity contribution in [2.45, 2.75) is 33.1 Å². The van der Waals surface area contributed by atoms with Crippen molar-refractivity contribution in [3.63, 3.8) is 0 Å². The highest BCUT2D eigenvalue weighted by Crippen LogP contribution is 2.35. The van der Waals surface area contributed by atoms with Crippen LogP contribution in [0.1, 0.15) is 30.8 Å². The molecule has 0 radical (unpaired) electrons. The summed E-state index contributed by atoms with van der Waals surface area (Å²) in [5, 5.41) is 0. The van der Waals surface area contributed by atoms with Gasteiger partial charge in [0, 0.05) is 6.92 Å². The highest BCUT2D eigenvalue weighted by Gasteiger charge is 2.40. The SMILES string of the molecule is Cc1ccccc1-n1c(C)c2[n+](c1-c1ccccc1)C=CC2(C)C. The molecule has 0 unspecified atom stereocenters. The van der Waals surface area contributed by atoms with Crippen molar-refractivity contribution in [1.29, 1.82) is 0 Å². The number of imidazole rings is 1. The van der Waals surface area contributed by atoms with Gasteiger partial charge in [-0.25, -0.2) is 0 Å². The molecule has 0 saturated carbocycles. The van der Waals surface area contributed by atoms with Crippen LogP contribution in [0.4, 0.5) is 0 Å². The fourth-order valence-corrected chi connectivity index (χ4v) is 3.88. The fraction of sp³-hybridized carbons (Fsp3) is 0.227. The number of allylic oxidation sites excluding steroid dienone is 1. The van der Waals surface area contributed by atoms with E-state index < -0.39 is 0 Å². The van der Waals surface area contributed by atoms with Crippen molar-refractivity contribution >= 4 is 6.20 Å².